The standard InChI is InChI=1S/C10H13FN2O5S/c1-18-6-5-13(7-9(14)15)19(16,17)10-8(11)3-2-4-12-10/h2-4H,5-7H2,1H3,(H,14,15). The van der Waals surface area contributed by atoms with Crippen LogP contribution in [-0.4, -0.2) is 55.6 Å². The Morgan fingerprint density at radius 1 is 1.58 bits per heavy atom. The van der Waals surface area contributed by atoms with Gasteiger partial charge in [0.2, 0.25) is 5.03 Å². The van der Waals surface area contributed by atoms with E-state index in [1.54, 1.807) is 0 Å². The Labute approximate surface area is 109 Å². The minimum atomic E-state index is -4.31. The Balaban J connectivity index is 3.12. The summed E-state index contributed by atoms with van der Waals surface area (Å²) in [6, 6.07) is 2.18. The average molecular weight is 292 g/mol. The Morgan fingerprint density at radius 3 is 2.79 bits per heavy atom. The van der Waals surface area contributed by atoms with Crippen LogP contribution >= 0.6 is 0 Å². The summed E-state index contributed by atoms with van der Waals surface area (Å²) in [5.74, 6) is -2.38. The molecule has 0 saturated carbocycles. The molecule has 1 aromatic rings. The molecular weight excluding hydrogens is 279 g/mol. The van der Waals surface area contributed by atoms with Gasteiger partial charge in [-0.3, -0.25) is 4.79 Å². The van der Waals surface area contributed by atoms with Crippen LogP contribution in [0, 0.1) is 5.82 Å². The van der Waals surface area contributed by atoms with Gasteiger partial charge in [0.05, 0.1) is 6.61 Å². The summed E-state index contributed by atoms with van der Waals surface area (Å²) in [4.78, 5) is 14.1. The van der Waals surface area contributed by atoms with E-state index in [-0.39, 0.29) is 13.2 Å². The predicted molar refractivity (Wildman–Crippen MR) is 62.5 cm³/mol. The van der Waals surface area contributed by atoms with E-state index in [9.17, 15) is 17.6 Å². The van der Waals surface area contributed by atoms with E-state index in [0.717, 1.165) is 12.3 Å². The fourth-order valence-corrected chi connectivity index (χ4v) is 2.66. The first-order chi connectivity index (χ1) is 8.89. The molecule has 0 aliphatic rings. The van der Waals surface area contributed by atoms with Gasteiger partial charge in [0.15, 0.2) is 5.82 Å². The quantitative estimate of drug-likeness (QED) is 0.756. The number of aromatic nitrogens is 1. The number of aliphatic carboxylic acids is 1. The van der Waals surface area contributed by atoms with Crippen molar-refractivity contribution in [3.05, 3.63) is 24.1 Å². The number of halogens is 1. The van der Waals surface area contributed by atoms with Crippen LogP contribution in [0.4, 0.5) is 4.39 Å². The zero-order valence-corrected chi connectivity index (χ0v) is 10.9. The van der Waals surface area contributed by atoms with E-state index in [2.05, 4.69) is 4.98 Å². The molecule has 0 amide bonds. The number of rotatable bonds is 7. The van der Waals surface area contributed by atoms with E-state index in [1.807, 2.05) is 0 Å². The number of methoxy groups -OCH3 is 1. The molecule has 1 rings (SSSR count). The largest absolute Gasteiger partial charge is 0.480 e. The first-order valence-corrected chi connectivity index (χ1v) is 6.65. The maximum atomic E-state index is 13.5. The number of carbonyl (C=O) groups is 1. The highest BCUT2D eigenvalue weighted by atomic mass is 32.2. The molecule has 1 aromatic heterocycles. The van der Waals surface area contributed by atoms with Crippen LogP contribution in [0.25, 0.3) is 0 Å². The lowest BCUT2D eigenvalue weighted by Crippen LogP contribution is -2.38. The van der Waals surface area contributed by atoms with Gasteiger partial charge in [-0.15, -0.1) is 0 Å². The first kappa shape index (κ1) is 15.5. The summed E-state index contributed by atoms with van der Waals surface area (Å²) < 4.78 is 43.0. The van der Waals surface area contributed by atoms with Crippen molar-refractivity contribution >= 4 is 16.0 Å². The van der Waals surface area contributed by atoms with Crippen LogP contribution < -0.4 is 0 Å². The molecule has 0 spiro atoms. The number of sulfonamides is 1. The molecule has 0 saturated heterocycles. The lowest BCUT2D eigenvalue weighted by atomic mass is 10.5. The maximum Gasteiger partial charge on any atom is 0.318 e. The van der Waals surface area contributed by atoms with Gasteiger partial charge in [-0.25, -0.2) is 17.8 Å². The first-order valence-electron chi connectivity index (χ1n) is 5.21. The van der Waals surface area contributed by atoms with E-state index in [1.165, 1.54) is 13.2 Å². The lowest BCUT2D eigenvalue weighted by molar-refractivity contribution is -0.137. The normalized spacial score (nSPS) is 11.7. The van der Waals surface area contributed by atoms with Crippen LogP contribution in [0.1, 0.15) is 0 Å². The number of pyridine rings is 1. The minimum absolute atomic E-state index is 0.0129. The number of hydrogen-bond acceptors (Lipinski definition) is 5. The Hall–Kier alpha value is -1.58. The van der Waals surface area contributed by atoms with Gasteiger partial charge < -0.3 is 9.84 Å². The highest BCUT2D eigenvalue weighted by Gasteiger charge is 2.30. The van der Waals surface area contributed by atoms with Crippen LogP contribution in [0.2, 0.25) is 0 Å². The van der Waals surface area contributed by atoms with Crippen molar-refractivity contribution in [3.63, 3.8) is 0 Å². The fourth-order valence-electron chi connectivity index (χ4n) is 1.31. The van der Waals surface area contributed by atoms with Crippen LogP contribution in [0.3, 0.4) is 0 Å². The zero-order chi connectivity index (χ0) is 14.5. The molecule has 0 aliphatic heterocycles. The van der Waals surface area contributed by atoms with Crippen LogP contribution in [0.15, 0.2) is 23.4 Å². The van der Waals surface area contributed by atoms with Gasteiger partial charge >= 0.3 is 5.97 Å². The third-order valence-electron chi connectivity index (χ3n) is 2.17. The smallest absolute Gasteiger partial charge is 0.318 e. The average Bonchev–Trinajstić information content (AvgIpc) is 2.34. The third kappa shape index (κ3) is 3.94. The Bertz CT molecular complexity index is 549. The molecule has 0 unspecified atom stereocenters. The third-order valence-corrected chi connectivity index (χ3v) is 3.95. The summed E-state index contributed by atoms with van der Waals surface area (Å²) >= 11 is 0. The summed E-state index contributed by atoms with van der Waals surface area (Å²) in [5, 5.41) is 7.90. The molecule has 1 heterocycles. The summed E-state index contributed by atoms with van der Waals surface area (Å²) in [5.41, 5.74) is 0. The molecule has 0 aliphatic carbocycles. The molecule has 0 aromatic carbocycles. The Morgan fingerprint density at radius 2 is 2.26 bits per heavy atom. The van der Waals surface area contributed by atoms with Gasteiger partial charge in [-0.1, -0.05) is 0 Å². The van der Waals surface area contributed by atoms with Crippen molar-refractivity contribution in [1.82, 2.24) is 9.29 Å². The van der Waals surface area contributed by atoms with E-state index in [4.69, 9.17) is 9.84 Å². The second kappa shape index (κ2) is 6.55. The fraction of sp³-hybridized carbons (Fsp3) is 0.400. The molecule has 19 heavy (non-hydrogen) atoms. The zero-order valence-electron chi connectivity index (χ0n) is 10.1. The number of hydrogen-bond donors (Lipinski definition) is 1. The van der Waals surface area contributed by atoms with Crippen LogP contribution in [-0.2, 0) is 19.6 Å². The van der Waals surface area contributed by atoms with Crippen LogP contribution in [0.5, 0.6) is 0 Å². The van der Waals surface area contributed by atoms with E-state index >= 15 is 0 Å². The number of ether oxygens (including phenoxy) is 1. The second-order valence-electron chi connectivity index (χ2n) is 3.52. The van der Waals surface area contributed by atoms with Crippen molar-refractivity contribution in [3.8, 4) is 0 Å². The van der Waals surface area contributed by atoms with Gasteiger partial charge in [0.1, 0.15) is 6.54 Å². The summed E-state index contributed by atoms with van der Waals surface area (Å²) in [6.07, 6.45) is 1.12. The highest BCUT2D eigenvalue weighted by molar-refractivity contribution is 7.89. The highest BCUT2D eigenvalue weighted by Crippen LogP contribution is 2.16. The molecule has 106 valence electrons. The minimum Gasteiger partial charge on any atom is -0.480 e. The van der Waals surface area contributed by atoms with Crippen molar-refractivity contribution in [2.75, 3.05) is 26.8 Å². The van der Waals surface area contributed by atoms with Crippen molar-refractivity contribution < 1.29 is 27.4 Å². The second-order valence-corrected chi connectivity index (χ2v) is 5.37. The molecule has 9 heteroatoms. The molecule has 0 atom stereocenters. The van der Waals surface area contributed by atoms with Gasteiger partial charge in [-0.2, -0.15) is 4.31 Å². The van der Waals surface area contributed by atoms with Crippen molar-refractivity contribution in [1.29, 1.82) is 0 Å². The molecule has 1 N–H and O–H groups in total. The van der Waals surface area contributed by atoms with Gasteiger partial charge in [0.25, 0.3) is 10.0 Å². The summed E-state index contributed by atoms with van der Waals surface area (Å²) in [7, 11) is -2.97. The molecule has 0 fully saturated rings. The predicted octanol–water partition coefficient (Wildman–Crippen LogP) is -0.0576. The SMILES string of the molecule is COCCN(CC(=O)O)S(=O)(=O)c1ncccc1F. The maximum absolute atomic E-state index is 13.5. The monoisotopic (exact) mass is 292 g/mol. The number of carboxylic acid groups (broad SMARTS) is 1. The Kier molecular flexibility index (Phi) is 5.33. The van der Waals surface area contributed by atoms with Gasteiger partial charge in [-0.05, 0) is 12.1 Å². The molecule has 0 radical (unpaired) electrons. The number of nitrogens with zero attached hydrogens (tertiary/aromatic N) is 2. The summed E-state index contributed by atoms with van der Waals surface area (Å²) in [6.45, 7) is -1.01. The lowest BCUT2D eigenvalue weighted by Gasteiger charge is -2.19. The number of carboxylic acids is 1. The van der Waals surface area contributed by atoms with Crippen molar-refractivity contribution in [2.45, 2.75) is 5.03 Å². The molecule has 7 nitrogen and oxygen atoms in total. The van der Waals surface area contributed by atoms with E-state index in [0.29, 0.717) is 4.31 Å². The molecule has 0 bridgehead atoms. The topological polar surface area (TPSA) is 96.8 Å². The van der Waals surface area contributed by atoms with E-state index < -0.39 is 33.4 Å². The molecular formula is C10H13FN2O5S. The van der Waals surface area contributed by atoms with Gasteiger partial charge in [0, 0.05) is 19.9 Å². The van der Waals surface area contributed by atoms with Crippen molar-refractivity contribution in [2.24, 2.45) is 0 Å².